The number of anilines is 2. The van der Waals surface area contributed by atoms with Gasteiger partial charge >= 0.3 is 0 Å². The maximum atomic E-state index is 14.4. The quantitative estimate of drug-likeness (QED) is 0.270. The number of benzene rings is 3. The SMILES string of the molecule is Fc1cccc(F)c1CNc1nc(N2CCC(N3CCCCC3)CC2)ncc1-c1ccc(-c2ccccc2)cc1. The largest absolute Gasteiger partial charge is 0.365 e. The third-order valence-corrected chi connectivity index (χ3v) is 8.23. The van der Waals surface area contributed by atoms with E-state index < -0.39 is 11.6 Å². The summed E-state index contributed by atoms with van der Waals surface area (Å²) in [6.07, 6.45) is 7.96. The molecule has 0 aliphatic carbocycles. The fraction of sp³-hybridized carbons (Fsp3) is 0.333. The Labute approximate surface area is 234 Å². The van der Waals surface area contributed by atoms with Gasteiger partial charge in [-0.3, -0.25) is 0 Å². The molecule has 0 atom stereocenters. The number of piperidine rings is 2. The third kappa shape index (κ3) is 5.85. The molecule has 3 aromatic carbocycles. The van der Waals surface area contributed by atoms with Crippen LogP contribution in [-0.4, -0.2) is 47.1 Å². The average molecular weight is 540 g/mol. The molecule has 0 amide bonds. The fourth-order valence-electron chi connectivity index (χ4n) is 5.93. The number of nitrogens with zero attached hydrogens (tertiary/aromatic N) is 4. The fourth-order valence-corrected chi connectivity index (χ4v) is 5.93. The highest BCUT2D eigenvalue weighted by atomic mass is 19.1. The second-order valence-corrected chi connectivity index (χ2v) is 10.7. The summed E-state index contributed by atoms with van der Waals surface area (Å²) >= 11 is 0. The van der Waals surface area contributed by atoms with Crippen LogP contribution in [0, 0.1) is 11.6 Å². The lowest BCUT2D eigenvalue weighted by Crippen LogP contribution is -2.47. The van der Waals surface area contributed by atoms with Crippen LogP contribution in [0.15, 0.2) is 79.0 Å². The van der Waals surface area contributed by atoms with E-state index in [9.17, 15) is 8.78 Å². The van der Waals surface area contributed by atoms with Crippen molar-refractivity contribution in [2.75, 3.05) is 36.4 Å². The van der Waals surface area contributed by atoms with Crippen LogP contribution in [0.1, 0.15) is 37.7 Å². The van der Waals surface area contributed by atoms with Gasteiger partial charge in [-0.1, -0.05) is 67.1 Å². The van der Waals surface area contributed by atoms with Gasteiger partial charge in [0.25, 0.3) is 0 Å². The van der Waals surface area contributed by atoms with E-state index in [2.05, 4.69) is 39.4 Å². The first-order valence-electron chi connectivity index (χ1n) is 14.3. The van der Waals surface area contributed by atoms with Crippen LogP contribution in [0.2, 0.25) is 0 Å². The van der Waals surface area contributed by atoms with Gasteiger partial charge in [0.15, 0.2) is 0 Å². The van der Waals surface area contributed by atoms with Gasteiger partial charge in [-0.25, -0.2) is 13.8 Å². The molecule has 0 unspecified atom stereocenters. The summed E-state index contributed by atoms with van der Waals surface area (Å²) in [5.41, 5.74) is 3.98. The molecule has 3 heterocycles. The molecule has 0 bridgehead atoms. The Morgan fingerprint density at radius 1 is 0.725 bits per heavy atom. The van der Waals surface area contributed by atoms with Crippen LogP contribution in [-0.2, 0) is 6.54 Å². The molecule has 2 aliphatic rings. The molecule has 2 aliphatic heterocycles. The highest BCUT2D eigenvalue weighted by molar-refractivity contribution is 5.77. The molecule has 0 radical (unpaired) electrons. The van der Waals surface area contributed by atoms with Crippen LogP contribution >= 0.6 is 0 Å². The van der Waals surface area contributed by atoms with Crippen LogP contribution in [0.4, 0.5) is 20.5 Å². The lowest BCUT2D eigenvalue weighted by atomic mass is 10.00. The molecule has 6 rings (SSSR count). The standard InChI is InChI=1S/C33H35F2N5/c34-30-10-7-11-31(35)29(30)23-36-32-28(26-14-12-25(13-15-26)24-8-3-1-4-9-24)22-37-33(38-32)40-20-16-27(17-21-40)39-18-5-2-6-19-39/h1,3-4,7-15,22,27H,2,5-6,16-21,23H2,(H,36,37,38). The predicted octanol–water partition coefficient (Wildman–Crippen LogP) is 7.16. The third-order valence-electron chi connectivity index (χ3n) is 8.23. The van der Waals surface area contributed by atoms with Gasteiger partial charge in [0, 0.05) is 43.0 Å². The summed E-state index contributed by atoms with van der Waals surface area (Å²) < 4.78 is 28.8. The minimum absolute atomic E-state index is 0.00427. The molecule has 1 aromatic heterocycles. The van der Waals surface area contributed by atoms with Crippen molar-refractivity contribution in [2.24, 2.45) is 0 Å². The normalized spacial score (nSPS) is 16.7. The first kappa shape index (κ1) is 26.4. The molecule has 7 heteroatoms. The van der Waals surface area contributed by atoms with E-state index in [0.717, 1.165) is 48.2 Å². The summed E-state index contributed by atoms with van der Waals surface area (Å²) in [5.74, 6) is 0.0715. The lowest BCUT2D eigenvalue weighted by molar-refractivity contribution is 0.141. The number of likely N-dealkylation sites (tertiary alicyclic amines) is 1. The Kier molecular flexibility index (Phi) is 8.00. The minimum atomic E-state index is -0.574. The van der Waals surface area contributed by atoms with Gasteiger partial charge in [0.2, 0.25) is 5.95 Å². The molecule has 5 nitrogen and oxygen atoms in total. The molecule has 40 heavy (non-hydrogen) atoms. The van der Waals surface area contributed by atoms with Gasteiger partial charge in [-0.15, -0.1) is 0 Å². The maximum absolute atomic E-state index is 14.4. The summed E-state index contributed by atoms with van der Waals surface area (Å²) in [6, 6.07) is 23.0. The Morgan fingerprint density at radius 2 is 1.38 bits per heavy atom. The van der Waals surface area contributed by atoms with Crippen LogP contribution in [0.3, 0.4) is 0 Å². The van der Waals surface area contributed by atoms with Crippen molar-refractivity contribution in [1.29, 1.82) is 0 Å². The summed E-state index contributed by atoms with van der Waals surface area (Å²) in [5, 5.41) is 3.23. The van der Waals surface area contributed by atoms with E-state index in [1.807, 2.05) is 36.5 Å². The van der Waals surface area contributed by atoms with Crippen molar-refractivity contribution >= 4 is 11.8 Å². The first-order chi connectivity index (χ1) is 19.7. The Hall–Kier alpha value is -3.84. The van der Waals surface area contributed by atoms with Crippen molar-refractivity contribution < 1.29 is 8.78 Å². The van der Waals surface area contributed by atoms with E-state index in [1.165, 1.54) is 50.6 Å². The number of aromatic nitrogens is 2. The summed E-state index contributed by atoms with van der Waals surface area (Å²) in [7, 11) is 0. The van der Waals surface area contributed by atoms with Gasteiger partial charge in [-0.2, -0.15) is 4.98 Å². The molecular formula is C33H35F2N5. The zero-order valence-electron chi connectivity index (χ0n) is 22.7. The average Bonchev–Trinajstić information content (AvgIpc) is 3.02. The van der Waals surface area contributed by atoms with Gasteiger partial charge in [0.05, 0.1) is 0 Å². The zero-order valence-corrected chi connectivity index (χ0v) is 22.7. The van der Waals surface area contributed by atoms with E-state index >= 15 is 0 Å². The first-order valence-corrected chi connectivity index (χ1v) is 14.3. The molecule has 206 valence electrons. The van der Waals surface area contributed by atoms with Gasteiger partial charge in [0.1, 0.15) is 17.5 Å². The molecule has 2 saturated heterocycles. The summed E-state index contributed by atoms with van der Waals surface area (Å²) in [4.78, 5) is 14.6. The number of nitrogens with one attached hydrogen (secondary N) is 1. The van der Waals surface area contributed by atoms with E-state index in [-0.39, 0.29) is 12.1 Å². The number of hydrogen-bond donors (Lipinski definition) is 1. The van der Waals surface area contributed by atoms with E-state index in [1.54, 1.807) is 0 Å². The van der Waals surface area contributed by atoms with Crippen molar-refractivity contribution in [3.05, 3.63) is 96.2 Å². The van der Waals surface area contributed by atoms with E-state index in [0.29, 0.717) is 17.8 Å². The maximum Gasteiger partial charge on any atom is 0.227 e. The monoisotopic (exact) mass is 539 g/mol. The lowest BCUT2D eigenvalue weighted by Gasteiger charge is -2.40. The second-order valence-electron chi connectivity index (χ2n) is 10.7. The topological polar surface area (TPSA) is 44.3 Å². The smallest absolute Gasteiger partial charge is 0.227 e. The zero-order chi connectivity index (χ0) is 27.3. The molecule has 1 N–H and O–H groups in total. The van der Waals surface area contributed by atoms with Crippen LogP contribution < -0.4 is 10.2 Å². The Morgan fingerprint density at radius 3 is 2.08 bits per heavy atom. The molecule has 0 saturated carbocycles. The molecule has 4 aromatic rings. The Bertz CT molecular complexity index is 1390. The minimum Gasteiger partial charge on any atom is -0.365 e. The number of rotatable bonds is 7. The summed E-state index contributed by atoms with van der Waals surface area (Å²) in [6.45, 7) is 4.20. The highest BCUT2D eigenvalue weighted by Gasteiger charge is 2.27. The van der Waals surface area contributed by atoms with Crippen LogP contribution in [0.25, 0.3) is 22.3 Å². The molecular weight excluding hydrogens is 504 g/mol. The van der Waals surface area contributed by atoms with Crippen molar-refractivity contribution in [2.45, 2.75) is 44.7 Å². The van der Waals surface area contributed by atoms with E-state index in [4.69, 9.17) is 9.97 Å². The second kappa shape index (κ2) is 12.1. The van der Waals surface area contributed by atoms with Gasteiger partial charge < -0.3 is 15.1 Å². The van der Waals surface area contributed by atoms with Crippen LogP contribution in [0.5, 0.6) is 0 Å². The molecule has 0 spiro atoms. The number of hydrogen-bond acceptors (Lipinski definition) is 5. The van der Waals surface area contributed by atoms with Crippen molar-refractivity contribution in [3.63, 3.8) is 0 Å². The Balaban J connectivity index is 1.25. The van der Waals surface area contributed by atoms with Crippen molar-refractivity contribution in [3.8, 4) is 22.3 Å². The number of halogens is 2. The van der Waals surface area contributed by atoms with Gasteiger partial charge in [-0.05, 0) is 67.6 Å². The van der Waals surface area contributed by atoms with Crippen molar-refractivity contribution in [1.82, 2.24) is 14.9 Å². The predicted molar refractivity (Wildman–Crippen MR) is 157 cm³/mol. The highest BCUT2D eigenvalue weighted by Crippen LogP contribution is 2.31. The molecule has 2 fully saturated rings.